The Morgan fingerprint density at radius 3 is 2.36 bits per heavy atom. The predicted molar refractivity (Wildman–Crippen MR) is 40.6 cm³/mol. The summed E-state index contributed by atoms with van der Waals surface area (Å²) in [5, 5.41) is 20.0. The van der Waals surface area contributed by atoms with Gasteiger partial charge in [-0.1, -0.05) is 11.8 Å². The van der Waals surface area contributed by atoms with Gasteiger partial charge in [-0.25, -0.2) is 0 Å². The Balaban J connectivity index is 2.76. The monoisotopic (exact) mass is 178 g/mol. The average molecular weight is 178 g/mol. The molecule has 1 fully saturated rings. The van der Waals surface area contributed by atoms with Crippen molar-refractivity contribution in [2.75, 3.05) is 13.2 Å². The molecular weight excluding hydrogens is 168 g/mol. The molecule has 0 unspecified atom stereocenters. The number of carbonyl (C=O) groups excluding carboxylic acids is 1. The largest absolute Gasteiger partial charge is 0.394 e. The van der Waals surface area contributed by atoms with E-state index in [-0.39, 0.29) is 0 Å². The molecule has 6 heteroatoms. The minimum absolute atomic E-state index is 0.395. The first-order chi connectivity index (χ1) is 5.14. The van der Waals surface area contributed by atoms with Gasteiger partial charge in [-0.2, -0.15) is 0 Å². The van der Waals surface area contributed by atoms with Crippen LogP contribution in [-0.2, 0) is 4.79 Å². The van der Waals surface area contributed by atoms with Gasteiger partial charge in [0.2, 0.25) is 5.91 Å². The normalized spacial score (nSPS) is 28.6. The first-order valence-electron chi connectivity index (χ1n) is 3.11. The van der Waals surface area contributed by atoms with Crippen molar-refractivity contribution in [2.45, 2.75) is 10.2 Å². The van der Waals surface area contributed by atoms with E-state index in [0.29, 0.717) is 0 Å². The molecule has 1 aliphatic heterocycles. The summed E-state index contributed by atoms with van der Waals surface area (Å²) >= 11 is 1.04. The SMILES string of the molecule is N[C@H]1NC(=O)C(CO)(CO)S1. The maximum absolute atomic E-state index is 11.0. The van der Waals surface area contributed by atoms with Crippen molar-refractivity contribution in [1.82, 2.24) is 5.32 Å². The van der Waals surface area contributed by atoms with E-state index in [2.05, 4.69) is 5.32 Å². The number of hydrogen-bond donors (Lipinski definition) is 4. The van der Waals surface area contributed by atoms with E-state index in [4.69, 9.17) is 15.9 Å². The first-order valence-corrected chi connectivity index (χ1v) is 3.99. The van der Waals surface area contributed by atoms with Crippen LogP contribution in [0.15, 0.2) is 0 Å². The van der Waals surface area contributed by atoms with Crippen LogP contribution in [0.1, 0.15) is 0 Å². The minimum atomic E-state index is -1.14. The van der Waals surface area contributed by atoms with Crippen molar-refractivity contribution in [3.8, 4) is 0 Å². The van der Waals surface area contributed by atoms with E-state index in [1.165, 1.54) is 0 Å². The molecule has 0 saturated carbocycles. The third-order valence-corrected chi connectivity index (χ3v) is 2.82. The lowest BCUT2D eigenvalue weighted by Gasteiger charge is -2.18. The Kier molecular flexibility index (Phi) is 2.38. The second kappa shape index (κ2) is 2.98. The number of rotatable bonds is 2. The summed E-state index contributed by atoms with van der Waals surface area (Å²) in [6.07, 6.45) is 0. The van der Waals surface area contributed by atoms with Gasteiger partial charge >= 0.3 is 0 Å². The van der Waals surface area contributed by atoms with Gasteiger partial charge in [0.15, 0.2) is 0 Å². The van der Waals surface area contributed by atoms with Gasteiger partial charge in [0.05, 0.1) is 13.2 Å². The number of aliphatic hydroxyl groups excluding tert-OH is 2. The number of nitrogens with one attached hydrogen (secondary N) is 1. The van der Waals surface area contributed by atoms with Crippen molar-refractivity contribution in [2.24, 2.45) is 5.73 Å². The molecule has 5 N–H and O–H groups in total. The predicted octanol–water partition coefficient (Wildman–Crippen LogP) is -2.18. The molecule has 1 aliphatic rings. The smallest absolute Gasteiger partial charge is 0.242 e. The number of aliphatic hydroxyl groups is 2. The highest BCUT2D eigenvalue weighted by Gasteiger charge is 2.45. The zero-order chi connectivity index (χ0) is 8.48. The number of nitrogens with two attached hydrogens (primary N) is 1. The maximum atomic E-state index is 11.0. The van der Waals surface area contributed by atoms with Crippen molar-refractivity contribution in [1.29, 1.82) is 0 Å². The van der Waals surface area contributed by atoms with E-state index >= 15 is 0 Å². The summed E-state index contributed by atoms with van der Waals surface area (Å²) in [5.74, 6) is -0.403. The highest BCUT2D eigenvalue weighted by Crippen LogP contribution is 2.31. The molecule has 0 aliphatic carbocycles. The molecule has 1 atom stereocenters. The number of hydrogen-bond acceptors (Lipinski definition) is 5. The van der Waals surface area contributed by atoms with E-state index in [1.807, 2.05) is 0 Å². The van der Waals surface area contributed by atoms with Crippen molar-refractivity contribution < 1.29 is 15.0 Å². The van der Waals surface area contributed by atoms with Gasteiger partial charge in [0.25, 0.3) is 0 Å². The molecule has 1 heterocycles. The van der Waals surface area contributed by atoms with Crippen molar-refractivity contribution in [3.63, 3.8) is 0 Å². The van der Waals surface area contributed by atoms with Crippen molar-refractivity contribution >= 4 is 17.7 Å². The summed E-state index contributed by atoms with van der Waals surface area (Å²) in [6, 6.07) is 0. The second-order valence-electron chi connectivity index (χ2n) is 2.32. The molecule has 5 nitrogen and oxygen atoms in total. The quantitative estimate of drug-likeness (QED) is 0.385. The minimum Gasteiger partial charge on any atom is -0.394 e. The Labute approximate surface area is 68.0 Å². The van der Waals surface area contributed by atoms with Gasteiger partial charge in [-0.05, 0) is 0 Å². The number of amides is 1. The number of thioether (sulfide) groups is 1. The molecule has 0 spiro atoms. The first kappa shape index (κ1) is 8.79. The molecular formula is C5H10N2O3S. The van der Waals surface area contributed by atoms with Crippen molar-refractivity contribution in [3.05, 3.63) is 0 Å². The van der Waals surface area contributed by atoms with E-state index in [1.54, 1.807) is 0 Å². The third kappa shape index (κ3) is 1.34. The topological polar surface area (TPSA) is 95.6 Å². The van der Waals surface area contributed by atoms with Crippen LogP contribution in [0.2, 0.25) is 0 Å². The van der Waals surface area contributed by atoms with Crippen LogP contribution in [0.5, 0.6) is 0 Å². The van der Waals surface area contributed by atoms with E-state index in [0.717, 1.165) is 11.8 Å². The standard InChI is InChI=1S/C5H10N2O3S/c6-4-7-3(10)5(1-8,2-9)11-4/h4,8-9H,1-2,6H2,(H,7,10)/t4-/m0/s1. The van der Waals surface area contributed by atoms with Gasteiger partial charge < -0.3 is 21.3 Å². The van der Waals surface area contributed by atoms with Gasteiger partial charge in [-0.3, -0.25) is 4.79 Å². The zero-order valence-corrected chi connectivity index (χ0v) is 6.60. The van der Waals surface area contributed by atoms with Crippen LogP contribution in [0, 0.1) is 0 Å². The van der Waals surface area contributed by atoms with Gasteiger partial charge in [0.1, 0.15) is 10.2 Å². The fraction of sp³-hybridized carbons (Fsp3) is 0.800. The molecule has 1 amide bonds. The molecule has 1 rings (SSSR count). The van der Waals surface area contributed by atoms with Crippen LogP contribution in [-0.4, -0.2) is 39.6 Å². The average Bonchev–Trinajstić information content (AvgIpc) is 2.27. The van der Waals surface area contributed by atoms with Crippen LogP contribution >= 0.6 is 11.8 Å². The molecule has 0 radical (unpaired) electrons. The second-order valence-corrected chi connectivity index (χ2v) is 3.85. The maximum Gasteiger partial charge on any atom is 0.242 e. The molecule has 0 aromatic carbocycles. The Hall–Kier alpha value is -0.300. The summed E-state index contributed by atoms with van der Waals surface area (Å²) in [7, 11) is 0. The third-order valence-electron chi connectivity index (χ3n) is 1.55. The van der Waals surface area contributed by atoms with Crippen LogP contribution < -0.4 is 11.1 Å². The highest BCUT2D eigenvalue weighted by atomic mass is 32.2. The Morgan fingerprint density at radius 1 is 1.64 bits per heavy atom. The zero-order valence-electron chi connectivity index (χ0n) is 5.78. The summed E-state index contributed by atoms with van der Waals surface area (Å²) in [5.41, 5.74) is 4.83. The molecule has 0 bridgehead atoms. The highest BCUT2D eigenvalue weighted by molar-refractivity contribution is 8.02. The van der Waals surface area contributed by atoms with Gasteiger partial charge in [-0.15, -0.1) is 0 Å². The van der Waals surface area contributed by atoms with Crippen LogP contribution in [0.3, 0.4) is 0 Å². The van der Waals surface area contributed by atoms with E-state index < -0.39 is 29.4 Å². The summed E-state index contributed by atoms with van der Waals surface area (Å²) < 4.78 is -1.14. The number of carbonyl (C=O) groups is 1. The lowest BCUT2D eigenvalue weighted by atomic mass is 10.1. The van der Waals surface area contributed by atoms with E-state index in [9.17, 15) is 4.79 Å². The van der Waals surface area contributed by atoms with Crippen LogP contribution in [0.4, 0.5) is 0 Å². The molecule has 1 saturated heterocycles. The lowest BCUT2D eigenvalue weighted by molar-refractivity contribution is -0.124. The fourth-order valence-corrected chi connectivity index (χ4v) is 1.82. The summed E-state index contributed by atoms with van der Waals surface area (Å²) in [6.45, 7) is -0.790. The molecule has 0 aromatic rings. The van der Waals surface area contributed by atoms with Crippen LogP contribution in [0.25, 0.3) is 0 Å². The molecule has 11 heavy (non-hydrogen) atoms. The summed E-state index contributed by atoms with van der Waals surface area (Å²) in [4.78, 5) is 11.0. The molecule has 64 valence electrons. The Morgan fingerprint density at radius 2 is 2.18 bits per heavy atom. The molecule has 0 aromatic heterocycles. The fourth-order valence-electron chi connectivity index (χ4n) is 0.855. The Bertz CT molecular complexity index is 171. The lowest BCUT2D eigenvalue weighted by Crippen LogP contribution is -2.43. The van der Waals surface area contributed by atoms with Gasteiger partial charge in [0, 0.05) is 0 Å².